The average Bonchev–Trinajstić information content (AvgIpc) is 2.43. The first-order valence-electron chi connectivity index (χ1n) is 7.13. The molecule has 1 aromatic rings. The van der Waals surface area contributed by atoms with Gasteiger partial charge in [-0.3, -0.25) is 0 Å². The van der Waals surface area contributed by atoms with Crippen molar-refractivity contribution >= 4 is 0 Å². The highest BCUT2D eigenvalue weighted by Gasteiger charge is 2.23. The molecular weight excluding hydrogens is 238 g/mol. The SMILES string of the molecule is CCC(C)c1ccccc1OC(CO)C(N)C(C)C. The summed E-state index contributed by atoms with van der Waals surface area (Å²) in [6, 6.07) is 7.84. The molecule has 3 atom stereocenters. The Kier molecular flexibility index (Phi) is 6.32. The third-order valence-electron chi connectivity index (χ3n) is 3.72. The maximum absolute atomic E-state index is 9.49. The predicted molar refractivity (Wildman–Crippen MR) is 79.5 cm³/mol. The normalized spacial score (nSPS) is 16.2. The van der Waals surface area contributed by atoms with Gasteiger partial charge in [0.25, 0.3) is 0 Å². The predicted octanol–water partition coefficient (Wildman–Crippen LogP) is 2.92. The Labute approximate surface area is 116 Å². The highest BCUT2D eigenvalue weighted by molar-refractivity contribution is 5.36. The molecule has 0 bridgehead atoms. The second kappa shape index (κ2) is 7.51. The summed E-state index contributed by atoms with van der Waals surface area (Å²) in [5, 5.41) is 9.49. The first-order chi connectivity index (χ1) is 9.01. The van der Waals surface area contributed by atoms with E-state index in [1.807, 2.05) is 32.0 Å². The second-order valence-electron chi connectivity index (χ2n) is 5.51. The van der Waals surface area contributed by atoms with Crippen LogP contribution < -0.4 is 10.5 Å². The minimum absolute atomic E-state index is 0.0613. The molecule has 3 heteroatoms. The lowest BCUT2D eigenvalue weighted by Gasteiger charge is -2.27. The minimum atomic E-state index is -0.356. The van der Waals surface area contributed by atoms with Crippen LogP contribution in [0.4, 0.5) is 0 Å². The van der Waals surface area contributed by atoms with Gasteiger partial charge in [-0.1, -0.05) is 45.9 Å². The van der Waals surface area contributed by atoms with Crippen LogP contribution in [0.1, 0.15) is 45.6 Å². The molecular formula is C16H27NO2. The van der Waals surface area contributed by atoms with Crippen molar-refractivity contribution in [3.8, 4) is 5.75 Å². The van der Waals surface area contributed by atoms with Crippen molar-refractivity contribution in [3.05, 3.63) is 29.8 Å². The topological polar surface area (TPSA) is 55.5 Å². The Hall–Kier alpha value is -1.06. The Morgan fingerprint density at radius 1 is 1.21 bits per heavy atom. The van der Waals surface area contributed by atoms with Crippen LogP contribution in [0.25, 0.3) is 0 Å². The van der Waals surface area contributed by atoms with Crippen molar-refractivity contribution in [1.29, 1.82) is 0 Å². The van der Waals surface area contributed by atoms with Gasteiger partial charge in [0.05, 0.1) is 6.61 Å². The second-order valence-corrected chi connectivity index (χ2v) is 5.51. The molecule has 0 radical (unpaired) electrons. The van der Waals surface area contributed by atoms with Gasteiger partial charge in [-0.15, -0.1) is 0 Å². The van der Waals surface area contributed by atoms with E-state index in [-0.39, 0.29) is 24.7 Å². The third-order valence-corrected chi connectivity index (χ3v) is 3.72. The van der Waals surface area contributed by atoms with Crippen LogP contribution in [0.3, 0.4) is 0 Å². The van der Waals surface area contributed by atoms with E-state index in [1.54, 1.807) is 0 Å². The molecule has 0 fully saturated rings. The summed E-state index contributed by atoms with van der Waals surface area (Å²) >= 11 is 0. The van der Waals surface area contributed by atoms with Gasteiger partial charge in [0.2, 0.25) is 0 Å². The van der Waals surface area contributed by atoms with Crippen molar-refractivity contribution < 1.29 is 9.84 Å². The fourth-order valence-electron chi connectivity index (χ4n) is 2.04. The molecule has 3 nitrogen and oxygen atoms in total. The summed E-state index contributed by atoms with van der Waals surface area (Å²) in [6.07, 6.45) is 0.700. The summed E-state index contributed by atoms with van der Waals surface area (Å²) < 4.78 is 5.97. The third kappa shape index (κ3) is 4.22. The van der Waals surface area contributed by atoms with Crippen LogP contribution in [0.5, 0.6) is 5.75 Å². The number of para-hydroxylation sites is 1. The molecule has 3 unspecified atom stereocenters. The van der Waals surface area contributed by atoms with Gasteiger partial charge in [-0.05, 0) is 29.9 Å². The van der Waals surface area contributed by atoms with E-state index in [1.165, 1.54) is 5.56 Å². The van der Waals surface area contributed by atoms with Crippen LogP contribution in [0.15, 0.2) is 24.3 Å². The van der Waals surface area contributed by atoms with Gasteiger partial charge in [-0.2, -0.15) is 0 Å². The fourth-order valence-corrected chi connectivity index (χ4v) is 2.04. The highest BCUT2D eigenvalue weighted by Crippen LogP contribution is 2.29. The number of hydrogen-bond acceptors (Lipinski definition) is 3. The van der Waals surface area contributed by atoms with Gasteiger partial charge in [0.1, 0.15) is 11.9 Å². The summed E-state index contributed by atoms with van der Waals surface area (Å²) in [5.74, 6) is 1.55. The lowest BCUT2D eigenvalue weighted by molar-refractivity contribution is 0.0800. The van der Waals surface area contributed by atoms with Crippen LogP contribution >= 0.6 is 0 Å². The molecule has 0 aliphatic rings. The van der Waals surface area contributed by atoms with Gasteiger partial charge in [-0.25, -0.2) is 0 Å². The molecule has 1 aromatic carbocycles. The number of hydrogen-bond donors (Lipinski definition) is 2. The number of nitrogens with two attached hydrogens (primary N) is 1. The van der Waals surface area contributed by atoms with E-state index in [2.05, 4.69) is 19.9 Å². The van der Waals surface area contributed by atoms with Crippen LogP contribution in [0, 0.1) is 5.92 Å². The number of rotatable bonds is 7. The van der Waals surface area contributed by atoms with Crippen molar-refractivity contribution in [3.63, 3.8) is 0 Å². The lowest BCUT2D eigenvalue weighted by Crippen LogP contribution is -2.45. The first kappa shape index (κ1) is 16.0. The van der Waals surface area contributed by atoms with Crippen molar-refractivity contribution in [1.82, 2.24) is 0 Å². The first-order valence-corrected chi connectivity index (χ1v) is 7.13. The summed E-state index contributed by atoms with van der Waals surface area (Å²) in [7, 11) is 0. The van der Waals surface area contributed by atoms with Crippen LogP contribution in [-0.2, 0) is 0 Å². The quantitative estimate of drug-likeness (QED) is 0.797. The Balaban J connectivity index is 2.91. The van der Waals surface area contributed by atoms with Gasteiger partial charge in [0, 0.05) is 6.04 Å². The average molecular weight is 265 g/mol. The molecule has 3 N–H and O–H groups in total. The van der Waals surface area contributed by atoms with Crippen molar-refractivity contribution in [2.24, 2.45) is 11.7 Å². The molecule has 0 amide bonds. The van der Waals surface area contributed by atoms with E-state index < -0.39 is 0 Å². The number of aliphatic hydroxyl groups excluding tert-OH is 1. The Morgan fingerprint density at radius 2 is 1.84 bits per heavy atom. The standard InChI is InChI=1S/C16H27NO2/c1-5-12(4)13-8-6-7-9-14(13)19-15(10-18)16(17)11(2)3/h6-9,11-12,15-16,18H,5,10,17H2,1-4H3. The number of ether oxygens (including phenoxy) is 1. The number of aliphatic hydroxyl groups is 1. The molecule has 1 rings (SSSR count). The van der Waals surface area contributed by atoms with E-state index in [9.17, 15) is 5.11 Å². The van der Waals surface area contributed by atoms with E-state index in [0.717, 1.165) is 12.2 Å². The maximum atomic E-state index is 9.49. The van der Waals surface area contributed by atoms with Crippen molar-refractivity contribution in [2.75, 3.05) is 6.61 Å². The molecule has 0 saturated carbocycles. The zero-order chi connectivity index (χ0) is 14.4. The van der Waals surface area contributed by atoms with Gasteiger partial charge in [0.15, 0.2) is 0 Å². The Bertz CT molecular complexity index is 379. The number of benzene rings is 1. The molecule has 0 heterocycles. The van der Waals surface area contributed by atoms with Gasteiger partial charge < -0.3 is 15.6 Å². The molecule has 0 spiro atoms. The largest absolute Gasteiger partial charge is 0.486 e. The van der Waals surface area contributed by atoms with E-state index in [4.69, 9.17) is 10.5 Å². The molecule has 0 aliphatic carbocycles. The summed E-state index contributed by atoms with van der Waals surface area (Å²) in [5.41, 5.74) is 7.27. The zero-order valence-electron chi connectivity index (χ0n) is 12.5. The minimum Gasteiger partial charge on any atom is -0.486 e. The Morgan fingerprint density at radius 3 is 2.37 bits per heavy atom. The molecule has 0 aromatic heterocycles. The monoisotopic (exact) mass is 265 g/mol. The van der Waals surface area contributed by atoms with Crippen molar-refractivity contribution in [2.45, 2.75) is 52.2 Å². The van der Waals surface area contributed by atoms with E-state index >= 15 is 0 Å². The molecule has 19 heavy (non-hydrogen) atoms. The molecule has 0 saturated heterocycles. The smallest absolute Gasteiger partial charge is 0.137 e. The van der Waals surface area contributed by atoms with E-state index in [0.29, 0.717) is 5.92 Å². The zero-order valence-corrected chi connectivity index (χ0v) is 12.5. The van der Waals surface area contributed by atoms with Crippen LogP contribution in [0.2, 0.25) is 0 Å². The molecule has 0 aliphatic heterocycles. The van der Waals surface area contributed by atoms with Crippen LogP contribution in [-0.4, -0.2) is 23.9 Å². The molecule has 108 valence electrons. The summed E-state index contributed by atoms with van der Waals surface area (Å²) in [6.45, 7) is 8.35. The highest BCUT2D eigenvalue weighted by atomic mass is 16.5. The maximum Gasteiger partial charge on any atom is 0.137 e. The van der Waals surface area contributed by atoms with Gasteiger partial charge >= 0.3 is 0 Å². The fraction of sp³-hybridized carbons (Fsp3) is 0.625. The lowest BCUT2D eigenvalue weighted by atomic mass is 9.97. The summed E-state index contributed by atoms with van der Waals surface area (Å²) in [4.78, 5) is 0.